The summed E-state index contributed by atoms with van der Waals surface area (Å²) in [7, 11) is 0. The van der Waals surface area contributed by atoms with Crippen molar-refractivity contribution in [3.05, 3.63) is 34.9 Å². The van der Waals surface area contributed by atoms with E-state index in [4.69, 9.17) is 5.73 Å². The number of nitrogens with two attached hydrogens (primary N) is 1. The summed E-state index contributed by atoms with van der Waals surface area (Å²) in [6.45, 7) is 1.77. The molecule has 1 saturated heterocycles. The van der Waals surface area contributed by atoms with Gasteiger partial charge >= 0.3 is 0 Å². The van der Waals surface area contributed by atoms with Gasteiger partial charge in [-0.05, 0) is 42.4 Å². The summed E-state index contributed by atoms with van der Waals surface area (Å²) in [6, 6.07) is 5.65. The molecule has 1 aromatic rings. The average molecular weight is 399 g/mol. The molecule has 1 saturated carbocycles. The van der Waals surface area contributed by atoms with E-state index in [1.165, 1.54) is 32.1 Å². The summed E-state index contributed by atoms with van der Waals surface area (Å²) in [6.07, 6.45) is 7.06. The minimum absolute atomic E-state index is 0.129. The maximum absolute atomic E-state index is 12.8. The lowest BCUT2D eigenvalue weighted by Gasteiger charge is -2.30. The van der Waals surface area contributed by atoms with E-state index in [0.717, 1.165) is 17.7 Å². The van der Waals surface area contributed by atoms with Crippen molar-refractivity contribution in [1.82, 2.24) is 15.5 Å². The first-order valence-electron chi connectivity index (χ1n) is 10.8. The average Bonchev–Trinajstić information content (AvgIpc) is 3.05. The van der Waals surface area contributed by atoms with Gasteiger partial charge in [0.15, 0.2) is 0 Å². The van der Waals surface area contributed by atoms with Crippen LogP contribution in [0.2, 0.25) is 0 Å². The van der Waals surface area contributed by atoms with Gasteiger partial charge in [-0.1, -0.05) is 31.4 Å². The minimum atomic E-state index is -0.568. The highest BCUT2D eigenvalue weighted by Gasteiger charge is 2.39. The van der Waals surface area contributed by atoms with Crippen LogP contribution in [-0.2, 0) is 22.7 Å². The molecule has 0 spiro atoms. The quantitative estimate of drug-likeness (QED) is 0.629. The molecule has 0 bridgehead atoms. The number of nitrogens with one attached hydrogen (secondary N) is 2. The first kappa shape index (κ1) is 20.0. The van der Waals surface area contributed by atoms with E-state index in [-0.39, 0.29) is 24.1 Å². The number of amides is 3. The Bertz CT molecular complexity index is 803. The van der Waals surface area contributed by atoms with Crippen molar-refractivity contribution in [3.63, 3.8) is 0 Å². The van der Waals surface area contributed by atoms with E-state index in [2.05, 4.69) is 16.7 Å². The molecular weight excluding hydrogens is 368 g/mol. The van der Waals surface area contributed by atoms with Crippen LogP contribution in [0.4, 0.5) is 0 Å². The van der Waals surface area contributed by atoms with Crippen molar-refractivity contribution < 1.29 is 14.4 Å². The van der Waals surface area contributed by atoms with Crippen LogP contribution in [0.1, 0.15) is 66.4 Å². The van der Waals surface area contributed by atoms with E-state index < -0.39 is 6.04 Å². The van der Waals surface area contributed by atoms with Crippen molar-refractivity contribution in [3.8, 4) is 0 Å². The smallest absolute Gasteiger partial charge is 0.255 e. The lowest BCUT2D eigenvalue weighted by molar-refractivity contribution is -0.136. The van der Waals surface area contributed by atoms with Crippen molar-refractivity contribution in [2.24, 2.45) is 11.7 Å². The largest absolute Gasteiger partial charge is 0.329 e. The molecule has 1 aromatic carbocycles. The molecule has 2 unspecified atom stereocenters. The van der Waals surface area contributed by atoms with Crippen LogP contribution in [0.25, 0.3) is 0 Å². The molecule has 4 rings (SSSR count). The SMILES string of the molecule is NCC(NCc1ccc2c(c1)CN(C1CCC(=O)NC1=O)C2=O)C1CCCCC1. The highest BCUT2D eigenvalue weighted by molar-refractivity contribution is 6.05. The molecule has 2 fully saturated rings. The lowest BCUT2D eigenvalue weighted by Crippen LogP contribution is -2.52. The number of carbonyl (C=O) groups excluding carboxylic acids is 3. The van der Waals surface area contributed by atoms with E-state index in [0.29, 0.717) is 37.0 Å². The van der Waals surface area contributed by atoms with E-state index in [1.54, 1.807) is 4.90 Å². The highest BCUT2D eigenvalue weighted by atomic mass is 16.2. The molecule has 7 nitrogen and oxygen atoms in total. The van der Waals surface area contributed by atoms with Gasteiger partial charge in [0, 0.05) is 37.7 Å². The molecule has 0 radical (unpaired) electrons. The second kappa shape index (κ2) is 8.63. The third-order valence-corrected chi connectivity index (χ3v) is 6.63. The molecule has 156 valence electrons. The van der Waals surface area contributed by atoms with Gasteiger partial charge in [-0.3, -0.25) is 19.7 Å². The number of hydrogen-bond acceptors (Lipinski definition) is 5. The third kappa shape index (κ3) is 4.21. The fraction of sp³-hybridized carbons (Fsp3) is 0.591. The number of hydrogen-bond donors (Lipinski definition) is 3. The van der Waals surface area contributed by atoms with Gasteiger partial charge in [0.2, 0.25) is 11.8 Å². The molecule has 2 heterocycles. The molecule has 1 aliphatic carbocycles. The van der Waals surface area contributed by atoms with Crippen molar-refractivity contribution in [2.75, 3.05) is 6.54 Å². The van der Waals surface area contributed by atoms with Crippen LogP contribution >= 0.6 is 0 Å². The third-order valence-electron chi connectivity index (χ3n) is 6.63. The van der Waals surface area contributed by atoms with Gasteiger partial charge in [-0.15, -0.1) is 0 Å². The second-order valence-corrected chi connectivity index (χ2v) is 8.51. The maximum Gasteiger partial charge on any atom is 0.255 e. The molecule has 2 atom stereocenters. The molecule has 3 aliphatic rings. The topological polar surface area (TPSA) is 105 Å². The highest BCUT2D eigenvalue weighted by Crippen LogP contribution is 2.29. The summed E-state index contributed by atoms with van der Waals surface area (Å²) in [5.74, 6) is -0.123. The van der Waals surface area contributed by atoms with Crippen molar-refractivity contribution >= 4 is 17.7 Å². The number of carbonyl (C=O) groups is 3. The van der Waals surface area contributed by atoms with Gasteiger partial charge in [0.25, 0.3) is 5.91 Å². The molecule has 7 heteroatoms. The Kier molecular flexibility index (Phi) is 5.96. The van der Waals surface area contributed by atoms with Crippen molar-refractivity contribution in [1.29, 1.82) is 0 Å². The number of imide groups is 1. The number of benzene rings is 1. The zero-order valence-corrected chi connectivity index (χ0v) is 16.8. The predicted octanol–water partition coefficient (Wildman–Crippen LogP) is 1.44. The zero-order chi connectivity index (χ0) is 20.4. The summed E-state index contributed by atoms with van der Waals surface area (Å²) in [4.78, 5) is 37.9. The van der Waals surface area contributed by atoms with E-state index >= 15 is 0 Å². The molecule has 3 amide bonds. The number of nitrogens with zero attached hydrogens (tertiary/aromatic N) is 1. The van der Waals surface area contributed by atoms with Crippen LogP contribution in [0.3, 0.4) is 0 Å². The zero-order valence-electron chi connectivity index (χ0n) is 16.8. The number of piperidine rings is 1. The Morgan fingerprint density at radius 3 is 2.66 bits per heavy atom. The summed E-state index contributed by atoms with van der Waals surface area (Å²) < 4.78 is 0. The Labute approximate surface area is 171 Å². The van der Waals surface area contributed by atoms with E-state index in [9.17, 15) is 14.4 Å². The maximum atomic E-state index is 12.8. The van der Waals surface area contributed by atoms with Gasteiger partial charge in [0.1, 0.15) is 6.04 Å². The Hall–Kier alpha value is -2.25. The Morgan fingerprint density at radius 1 is 1.14 bits per heavy atom. The van der Waals surface area contributed by atoms with Crippen LogP contribution in [0.5, 0.6) is 0 Å². The van der Waals surface area contributed by atoms with E-state index in [1.807, 2.05) is 12.1 Å². The van der Waals surface area contributed by atoms with Gasteiger partial charge in [-0.2, -0.15) is 0 Å². The standard InChI is InChI=1S/C22H30N4O3/c23-11-18(15-4-2-1-3-5-15)24-12-14-6-7-17-16(10-14)13-26(22(17)29)19-8-9-20(27)25-21(19)28/h6-7,10,15,18-19,24H,1-5,8-9,11-13,23H2,(H,25,27,28). The van der Waals surface area contributed by atoms with Crippen LogP contribution < -0.4 is 16.4 Å². The Balaban J connectivity index is 1.40. The molecular formula is C22H30N4O3. The first-order chi connectivity index (χ1) is 14.1. The molecule has 4 N–H and O–H groups in total. The van der Waals surface area contributed by atoms with Crippen molar-refractivity contribution in [2.45, 2.75) is 70.1 Å². The van der Waals surface area contributed by atoms with Gasteiger partial charge in [0.05, 0.1) is 0 Å². The Morgan fingerprint density at radius 2 is 1.93 bits per heavy atom. The van der Waals surface area contributed by atoms with Crippen LogP contribution in [0, 0.1) is 5.92 Å². The van der Waals surface area contributed by atoms with Crippen LogP contribution in [-0.4, -0.2) is 41.2 Å². The second-order valence-electron chi connectivity index (χ2n) is 8.51. The summed E-state index contributed by atoms with van der Waals surface area (Å²) in [5, 5.41) is 5.96. The lowest BCUT2D eigenvalue weighted by atomic mass is 9.84. The normalized spacial score (nSPS) is 23.8. The predicted molar refractivity (Wildman–Crippen MR) is 109 cm³/mol. The minimum Gasteiger partial charge on any atom is -0.329 e. The summed E-state index contributed by atoms with van der Waals surface area (Å²) >= 11 is 0. The monoisotopic (exact) mass is 398 g/mol. The van der Waals surface area contributed by atoms with Crippen LogP contribution in [0.15, 0.2) is 18.2 Å². The molecule has 0 aromatic heterocycles. The molecule has 29 heavy (non-hydrogen) atoms. The number of fused-ring (bicyclic) bond motifs is 1. The molecule has 2 aliphatic heterocycles. The first-order valence-corrected chi connectivity index (χ1v) is 10.8. The van der Waals surface area contributed by atoms with Gasteiger partial charge in [-0.25, -0.2) is 0 Å². The fourth-order valence-electron chi connectivity index (χ4n) is 4.97. The van der Waals surface area contributed by atoms with Gasteiger partial charge < -0.3 is 16.0 Å². The summed E-state index contributed by atoms with van der Waals surface area (Å²) in [5.41, 5.74) is 8.74. The number of rotatable bonds is 6. The fourth-order valence-corrected chi connectivity index (χ4v) is 4.97.